The largest absolute Gasteiger partial charge is 0.393 e. The van der Waals surface area contributed by atoms with Crippen LogP contribution in [0.5, 0.6) is 0 Å². The number of nitrogens with zero attached hydrogens (tertiary/aromatic N) is 1. The van der Waals surface area contributed by atoms with Gasteiger partial charge in [-0.2, -0.15) is 0 Å². The van der Waals surface area contributed by atoms with Crippen LogP contribution in [-0.4, -0.2) is 48.3 Å². The number of hydrogen-bond donors (Lipinski definition) is 1. The van der Waals surface area contributed by atoms with E-state index in [9.17, 15) is 9.90 Å². The van der Waals surface area contributed by atoms with Crippen LogP contribution in [0.15, 0.2) is 0 Å². The molecule has 32 heavy (non-hydrogen) atoms. The summed E-state index contributed by atoms with van der Waals surface area (Å²) in [6, 6.07) is 0. The summed E-state index contributed by atoms with van der Waals surface area (Å²) in [5.41, 5.74) is 0.942. The minimum atomic E-state index is -0.0460. The van der Waals surface area contributed by atoms with Crippen molar-refractivity contribution in [3.05, 3.63) is 0 Å². The summed E-state index contributed by atoms with van der Waals surface area (Å²) in [4.78, 5) is 14.7. The summed E-state index contributed by atoms with van der Waals surface area (Å²) in [5.74, 6) is 5.18. The summed E-state index contributed by atoms with van der Waals surface area (Å²) in [5, 5.41) is 10.3. The third kappa shape index (κ3) is 3.85. The molecule has 5 fully saturated rings. The predicted molar refractivity (Wildman–Crippen MR) is 127 cm³/mol. The number of aliphatic hydroxyl groups is 1. The number of carbonyl (C=O) groups is 1. The Bertz CT molecular complexity index is 690. The van der Waals surface area contributed by atoms with Crippen LogP contribution in [0.1, 0.15) is 91.4 Å². The molecule has 5 aliphatic rings. The topological polar surface area (TPSA) is 49.8 Å². The lowest BCUT2D eigenvalue weighted by Gasteiger charge is -2.61. The number of aliphatic hydroxyl groups excluding tert-OH is 1. The lowest BCUT2D eigenvalue weighted by Crippen LogP contribution is -2.54. The molecule has 5 rings (SSSR count). The van der Waals surface area contributed by atoms with Gasteiger partial charge in [0.1, 0.15) is 0 Å². The second kappa shape index (κ2) is 8.87. The van der Waals surface area contributed by atoms with Crippen molar-refractivity contribution < 1.29 is 14.6 Å². The molecule has 1 heterocycles. The van der Waals surface area contributed by atoms with Gasteiger partial charge in [0.15, 0.2) is 0 Å². The molecule has 1 aliphatic heterocycles. The molecule has 182 valence electrons. The summed E-state index contributed by atoms with van der Waals surface area (Å²) in [6.07, 6.45) is 13.3. The Morgan fingerprint density at radius 3 is 2.50 bits per heavy atom. The van der Waals surface area contributed by atoms with Crippen molar-refractivity contribution >= 4 is 5.91 Å². The van der Waals surface area contributed by atoms with Crippen molar-refractivity contribution in [2.45, 2.75) is 97.5 Å². The molecule has 1 N–H and O–H groups in total. The first-order valence-corrected chi connectivity index (χ1v) is 13.9. The van der Waals surface area contributed by atoms with E-state index in [0.29, 0.717) is 42.3 Å². The maximum Gasteiger partial charge on any atom is 0.222 e. The molecule has 0 aromatic heterocycles. The fourth-order valence-corrected chi connectivity index (χ4v) is 9.73. The van der Waals surface area contributed by atoms with Crippen LogP contribution in [-0.2, 0) is 9.53 Å². The first-order valence-electron chi connectivity index (χ1n) is 13.9. The predicted octanol–water partition coefficient (Wildman–Crippen LogP) is 5.28. The molecule has 1 saturated heterocycles. The Morgan fingerprint density at radius 2 is 1.72 bits per heavy atom. The molecule has 9 atom stereocenters. The highest BCUT2D eigenvalue weighted by molar-refractivity contribution is 5.76. The van der Waals surface area contributed by atoms with Crippen LogP contribution in [0.25, 0.3) is 0 Å². The molecule has 4 aliphatic carbocycles. The van der Waals surface area contributed by atoms with E-state index in [0.717, 1.165) is 61.9 Å². The average molecular weight is 446 g/mol. The molecule has 0 bridgehead atoms. The van der Waals surface area contributed by atoms with Crippen LogP contribution in [0, 0.1) is 46.3 Å². The van der Waals surface area contributed by atoms with E-state index in [-0.39, 0.29) is 6.10 Å². The zero-order chi connectivity index (χ0) is 22.5. The van der Waals surface area contributed by atoms with Crippen molar-refractivity contribution in [1.29, 1.82) is 0 Å². The highest BCUT2D eigenvalue weighted by Crippen LogP contribution is 2.68. The number of ether oxygens (including phenoxy) is 1. The van der Waals surface area contributed by atoms with Gasteiger partial charge in [-0.25, -0.2) is 0 Å². The van der Waals surface area contributed by atoms with Crippen molar-refractivity contribution in [2.75, 3.05) is 26.3 Å². The van der Waals surface area contributed by atoms with Crippen molar-refractivity contribution in [3.63, 3.8) is 0 Å². The van der Waals surface area contributed by atoms with Gasteiger partial charge in [-0.3, -0.25) is 4.79 Å². The smallest absolute Gasteiger partial charge is 0.222 e. The van der Waals surface area contributed by atoms with E-state index in [1.807, 2.05) is 4.90 Å². The average Bonchev–Trinajstić information content (AvgIpc) is 3.15. The molecular formula is C28H47NO3. The zero-order valence-electron chi connectivity index (χ0n) is 20.9. The number of fused-ring (bicyclic) bond motifs is 5. The molecule has 1 amide bonds. The van der Waals surface area contributed by atoms with Crippen LogP contribution in [0.3, 0.4) is 0 Å². The lowest BCUT2D eigenvalue weighted by molar-refractivity contribution is -0.136. The first kappa shape index (κ1) is 23.1. The first-order chi connectivity index (χ1) is 15.3. The van der Waals surface area contributed by atoms with Crippen LogP contribution in [0.2, 0.25) is 0 Å². The van der Waals surface area contributed by atoms with Gasteiger partial charge in [0.05, 0.1) is 19.3 Å². The van der Waals surface area contributed by atoms with Gasteiger partial charge in [-0.05, 0) is 111 Å². The van der Waals surface area contributed by atoms with Gasteiger partial charge in [-0.1, -0.05) is 20.8 Å². The number of morpholine rings is 1. The molecule has 0 unspecified atom stereocenters. The minimum Gasteiger partial charge on any atom is -0.393 e. The number of rotatable bonds is 4. The van der Waals surface area contributed by atoms with Crippen molar-refractivity contribution in [2.24, 2.45) is 46.3 Å². The fourth-order valence-electron chi connectivity index (χ4n) is 9.73. The second-order valence-corrected chi connectivity index (χ2v) is 12.8. The standard InChI is InChI=1S/C28H47NO3/c1-19(4-9-26(31)29-14-16-32-17-15-29)23-7-8-24-22-6-5-20-18-21(30)10-12-27(20,2)25(22)11-13-28(23,24)3/h19-25,30H,4-18H2,1-3H3/t19-,20-,21-,22+,23-,24+,25+,27+,28-/m1/s1. The molecule has 4 heteroatoms. The lowest BCUT2D eigenvalue weighted by atomic mass is 9.44. The van der Waals surface area contributed by atoms with E-state index in [1.54, 1.807) is 0 Å². The molecule has 0 radical (unpaired) electrons. The van der Waals surface area contributed by atoms with Gasteiger partial charge in [0, 0.05) is 19.5 Å². The maximum atomic E-state index is 12.7. The Hall–Kier alpha value is -0.610. The van der Waals surface area contributed by atoms with Gasteiger partial charge >= 0.3 is 0 Å². The zero-order valence-corrected chi connectivity index (χ0v) is 20.9. The van der Waals surface area contributed by atoms with Gasteiger partial charge in [0.25, 0.3) is 0 Å². The molecule has 0 spiro atoms. The fraction of sp³-hybridized carbons (Fsp3) is 0.964. The summed E-state index contributed by atoms with van der Waals surface area (Å²) in [7, 11) is 0. The monoisotopic (exact) mass is 445 g/mol. The van der Waals surface area contributed by atoms with Gasteiger partial charge in [-0.15, -0.1) is 0 Å². The van der Waals surface area contributed by atoms with Crippen LogP contribution >= 0.6 is 0 Å². The molecule has 0 aromatic carbocycles. The molecular weight excluding hydrogens is 398 g/mol. The van der Waals surface area contributed by atoms with E-state index in [1.165, 1.54) is 44.9 Å². The van der Waals surface area contributed by atoms with Crippen molar-refractivity contribution in [1.82, 2.24) is 4.90 Å². The Kier molecular flexibility index (Phi) is 6.42. The van der Waals surface area contributed by atoms with Gasteiger partial charge in [0.2, 0.25) is 5.91 Å². The Balaban J connectivity index is 1.23. The van der Waals surface area contributed by atoms with Crippen LogP contribution < -0.4 is 0 Å². The number of carbonyl (C=O) groups excluding carboxylic acids is 1. The summed E-state index contributed by atoms with van der Waals surface area (Å²) < 4.78 is 5.41. The molecule has 4 saturated carbocycles. The van der Waals surface area contributed by atoms with Gasteiger partial charge < -0.3 is 14.7 Å². The maximum absolute atomic E-state index is 12.7. The van der Waals surface area contributed by atoms with E-state index < -0.39 is 0 Å². The third-order valence-electron chi connectivity index (χ3n) is 11.6. The summed E-state index contributed by atoms with van der Waals surface area (Å²) in [6.45, 7) is 10.6. The number of hydrogen-bond acceptors (Lipinski definition) is 3. The quantitative estimate of drug-likeness (QED) is 0.640. The summed E-state index contributed by atoms with van der Waals surface area (Å²) >= 11 is 0. The highest BCUT2D eigenvalue weighted by Gasteiger charge is 2.60. The third-order valence-corrected chi connectivity index (χ3v) is 11.6. The second-order valence-electron chi connectivity index (χ2n) is 12.8. The van der Waals surface area contributed by atoms with E-state index in [4.69, 9.17) is 4.74 Å². The normalized spacial score (nSPS) is 47.3. The van der Waals surface area contributed by atoms with Crippen molar-refractivity contribution in [3.8, 4) is 0 Å². The minimum absolute atomic E-state index is 0.0460. The van der Waals surface area contributed by atoms with E-state index >= 15 is 0 Å². The van der Waals surface area contributed by atoms with E-state index in [2.05, 4.69) is 20.8 Å². The molecule has 4 nitrogen and oxygen atoms in total. The molecule has 0 aromatic rings. The Morgan fingerprint density at radius 1 is 1.00 bits per heavy atom. The highest BCUT2D eigenvalue weighted by atomic mass is 16.5. The number of amides is 1. The SMILES string of the molecule is C[C@H](CCC(=O)N1CCOCC1)[C@H]1CC[C@H]2[C@@H]3CC[C@@H]4C[C@H](O)CC[C@]4(C)[C@H]3CC[C@]12C. The van der Waals surface area contributed by atoms with Crippen LogP contribution in [0.4, 0.5) is 0 Å². The Labute approximate surface area is 195 Å².